The number of benzene rings is 2. The number of carbonyl (C=O) groups excluding carboxylic acids is 1. The van der Waals surface area contributed by atoms with Crippen LogP contribution < -0.4 is 4.74 Å². The Balaban J connectivity index is 1.40. The van der Waals surface area contributed by atoms with Crippen molar-refractivity contribution in [2.45, 2.75) is 13.5 Å². The number of hydrogen-bond acceptors (Lipinski definition) is 4. The maximum Gasteiger partial charge on any atom is 0.320 e. The van der Waals surface area contributed by atoms with E-state index in [1.807, 2.05) is 28.9 Å². The number of amides is 2. The predicted octanol–water partition coefficient (Wildman–Crippen LogP) is 2.92. The second-order valence-corrected chi connectivity index (χ2v) is 9.46. The highest BCUT2D eigenvalue weighted by Crippen LogP contribution is 2.31. The van der Waals surface area contributed by atoms with Crippen molar-refractivity contribution in [2.24, 2.45) is 0 Å². The van der Waals surface area contributed by atoms with Crippen LogP contribution in [0.4, 0.5) is 4.79 Å². The van der Waals surface area contributed by atoms with E-state index in [1.165, 1.54) is 0 Å². The number of urea groups is 1. The summed E-state index contributed by atoms with van der Waals surface area (Å²) in [6.07, 6.45) is 0. The van der Waals surface area contributed by atoms with Crippen LogP contribution in [0.2, 0.25) is 0 Å². The smallest absolute Gasteiger partial charge is 0.320 e. The van der Waals surface area contributed by atoms with Crippen molar-refractivity contribution in [1.29, 1.82) is 0 Å². The third kappa shape index (κ3) is 3.73. The number of fused-ring (bicyclic) bond motifs is 2. The number of rotatable bonds is 1. The molecule has 1 N–H and O–H groups in total. The topological polar surface area (TPSA) is 84.5 Å². The molecule has 0 saturated carbocycles. The number of hydrogen-bond donors (Lipinski definition) is 1. The van der Waals surface area contributed by atoms with Crippen LogP contribution >= 0.6 is 0 Å². The van der Waals surface area contributed by atoms with Gasteiger partial charge in [-0.2, -0.15) is 0 Å². The third-order valence-corrected chi connectivity index (χ3v) is 6.97. The second-order valence-electron chi connectivity index (χ2n) is 7.76. The standard InChI is InChI=1S/C22H24N4O3S/c1-15-23-19-4-2-17(13-20(19)24-15)16-3-5-21-18(12-16)14-26(6-9-29-21)22(27)25-7-10-30(28)11-8-25/h2-5,12-13H,6-11,14H2,1H3,(H,23,24). The molecule has 0 unspecified atom stereocenters. The van der Waals surface area contributed by atoms with Crippen molar-refractivity contribution >= 4 is 28.2 Å². The summed E-state index contributed by atoms with van der Waals surface area (Å²) in [6.45, 7) is 4.58. The quantitative estimate of drug-likeness (QED) is 0.609. The minimum atomic E-state index is -0.799. The molecule has 7 nitrogen and oxygen atoms in total. The predicted molar refractivity (Wildman–Crippen MR) is 117 cm³/mol. The highest BCUT2D eigenvalue weighted by Gasteiger charge is 2.29. The number of ether oxygens (including phenoxy) is 1. The number of aryl methyl sites for hydroxylation is 1. The van der Waals surface area contributed by atoms with E-state index in [-0.39, 0.29) is 6.03 Å². The molecule has 1 aromatic heterocycles. The molecule has 3 heterocycles. The number of H-pyrrole nitrogens is 1. The van der Waals surface area contributed by atoms with Crippen LogP contribution in [0.3, 0.4) is 0 Å². The summed E-state index contributed by atoms with van der Waals surface area (Å²) >= 11 is -0.799. The SMILES string of the molecule is Cc1nc2ccc(-c3ccc4c(c3)CN(C(=O)N3CC[S+]([O-])CC3)CCO4)cc2[nH]1. The summed E-state index contributed by atoms with van der Waals surface area (Å²) in [5.41, 5.74) is 5.13. The lowest BCUT2D eigenvalue weighted by Gasteiger charge is -2.32. The van der Waals surface area contributed by atoms with Gasteiger partial charge in [-0.3, -0.25) is 0 Å². The van der Waals surface area contributed by atoms with E-state index in [9.17, 15) is 9.35 Å². The summed E-state index contributed by atoms with van der Waals surface area (Å²) in [4.78, 5) is 24.4. The van der Waals surface area contributed by atoms with Crippen LogP contribution in [0.25, 0.3) is 22.2 Å². The zero-order chi connectivity index (χ0) is 20.7. The molecule has 30 heavy (non-hydrogen) atoms. The second kappa shape index (κ2) is 7.85. The first-order valence-corrected chi connectivity index (χ1v) is 11.7. The monoisotopic (exact) mass is 424 g/mol. The van der Waals surface area contributed by atoms with E-state index in [0.29, 0.717) is 44.3 Å². The molecule has 1 saturated heterocycles. The Labute approximate surface area is 178 Å². The van der Waals surface area contributed by atoms with Crippen molar-refractivity contribution in [3.8, 4) is 16.9 Å². The molecule has 0 atom stereocenters. The van der Waals surface area contributed by atoms with Crippen molar-refractivity contribution in [3.63, 3.8) is 0 Å². The van der Waals surface area contributed by atoms with Crippen molar-refractivity contribution < 1.29 is 14.1 Å². The maximum atomic E-state index is 13.0. The molecule has 1 fully saturated rings. The summed E-state index contributed by atoms with van der Waals surface area (Å²) in [5, 5.41) is 0. The lowest BCUT2D eigenvalue weighted by Crippen LogP contribution is -2.50. The van der Waals surface area contributed by atoms with Gasteiger partial charge in [-0.1, -0.05) is 23.3 Å². The Morgan fingerprint density at radius 3 is 2.70 bits per heavy atom. The van der Waals surface area contributed by atoms with Gasteiger partial charge in [0, 0.05) is 5.56 Å². The largest absolute Gasteiger partial charge is 0.616 e. The summed E-state index contributed by atoms with van der Waals surface area (Å²) in [7, 11) is 0. The molecule has 3 aromatic rings. The number of nitrogens with one attached hydrogen (secondary N) is 1. The summed E-state index contributed by atoms with van der Waals surface area (Å²) < 4.78 is 17.5. The molecular formula is C22H24N4O3S. The van der Waals surface area contributed by atoms with Gasteiger partial charge in [0.15, 0.2) is 0 Å². The molecule has 2 aliphatic rings. The van der Waals surface area contributed by atoms with Crippen molar-refractivity contribution in [3.05, 3.63) is 47.8 Å². The fourth-order valence-corrected chi connectivity index (χ4v) is 5.14. The van der Waals surface area contributed by atoms with E-state index >= 15 is 0 Å². The Hall–Kier alpha value is -2.71. The number of aromatic amines is 1. The molecule has 2 aliphatic heterocycles. The van der Waals surface area contributed by atoms with Gasteiger partial charge in [-0.15, -0.1) is 0 Å². The van der Waals surface area contributed by atoms with Gasteiger partial charge in [0.1, 0.15) is 29.7 Å². The highest BCUT2D eigenvalue weighted by atomic mass is 32.2. The molecule has 5 rings (SSSR count). The molecule has 8 heteroatoms. The average molecular weight is 425 g/mol. The molecule has 0 aliphatic carbocycles. The van der Waals surface area contributed by atoms with Crippen LogP contribution in [-0.4, -0.2) is 68.1 Å². The van der Waals surface area contributed by atoms with Gasteiger partial charge >= 0.3 is 6.03 Å². The van der Waals surface area contributed by atoms with Gasteiger partial charge in [0.05, 0.1) is 37.2 Å². The van der Waals surface area contributed by atoms with Gasteiger partial charge in [-0.05, 0) is 42.3 Å². The lowest BCUT2D eigenvalue weighted by molar-refractivity contribution is 0.149. The molecule has 0 radical (unpaired) electrons. The lowest BCUT2D eigenvalue weighted by atomic mass is 10.0. The van der Waals surface area contributed by atoms with E-state index in [0.717, 1.165) is 39.3 Å². The van der Waals surface area contributed by atoms with Gasteiger partial charge in [0.2, 0.25) is 0 Å². The fourth-order valence-electron chi connectivity index (χ4n) is 4.08. The minimum absolute atomic E-state index is 0.00269. The molecule has 156 valence electrons. The van der Waals surface area contributed by atoms with Crippen LogP contribution in [0, 0.1) is 6.92 Å². The first-order chi connectivity index (χ1) is 14.6. The molecule has 0 bridgehead atoms. The Morgan fingerprint density at radius 2 is 1.87 bits per heavy atom. The van der Waals surface area contributed by atoms with E-state index < -0.39 is 11.2 Å². The summed E-state index contributed by atoms with van der Waals surface area (Å²) in [6, 6.07) is 12.3. The van der Waals surface area contributed by atoms with Gasteiger partial charge in [-0.25, -0.2) is 9.78 Å². The first-order valence-electron chi connectivity index (χ1n) is 10.2. The Kier molecular flexibility index (Phi) is 5.04. The van der Waals surface area contributed by atoms with Crippen LogP contribution in [0.5, 0.6) is 5.75 Å². The minimum Gasteiger partial charge on any atom is -0.616 e. The molecular weight excluding hydrogens is 400 g/mol. The molecule has 2 amide bonds. The molecule has 2 aromatic carbocycles. The van der Waals surface area contributed by atoms with Crippen LogP contribution in [0.1, 0.15) is 11.4 Å². The first kappa shape index (κ1) is 19.3. The number of aromatic nitrogens is 2. The normalized spacial score (nSPS) is 17.5. The Morgan fingerprint density at radius 1 is 1.10 bits per heavy atom. The maximum absolute atomic E-state index is 13.0. The van der Waals surface area contributed by atoms with Gasteiger partial charge < -0.3 is 24.1 Å². The summed E-state index contributed by atoms with van der Waals surface area (Å²) in [5.74, 6) is 2.85. The van der Waals surface area contributed by atoms with E-state index in [2.05, 4.69) is 34.2 Å². The van der Waals surface area contributed by atoms with E-state index in [1.54, 1.807) is 0 Å². The average Bonchev–Trinajstić information content (AvgIpc) is 2.99. The van der Waals surface area contributed by atoms with Crippen molar-refractivity contribution in [2.75, 3.05) is 37.7 Å². The fraction of sp³-hybridized carbons (Fsp3) is 0.364. The zero-order valence-electron chi connectivity index (χ0n) is 16.9. The van der Waals surface area contributed by atoms with E-state index in [4.69, 9.17) is 4.74 Å². The molecule has 0 spiro atoms. The van der Waals surface area contributed by atoms with Crippen LogP contribution in [0.15, 0.2) is 36.4 Å². The zero-order valence-corrected chi connectivity index (χ0v) is 17.7. The Bertz CT molecular complexity index is 1090. The third-order valence-electron chi connectivity index (χ3n) is 5.69. The van der Waals surface area contributed by atoms with Crippen LogP contribution in [-0.2, 0) is 17.7 Å². The number of nitrogens with zero attached hydrogens (tertiary/aromatic N) is 3. The van der Waals surface area contributed by atoms with Crippen molar-refractivity contribution in [1.82, 2.24) is 19.8 Å². The highest BCUT2D eigenvalue weighted by molar-refractivity contribution is 7.91. The number of imidazole rings is 1. The number of carbonyl (C=O) groups is 1. The van der Waals surface area contributed by atoms with Gasteiger partial charge in [0.25, 0.3) is 0 Å².